The lowest BCUT2D eigenvalue weighted by Crippen LogP contribution is -2.36. The van der Waals surface area contributed by atoms with Gasteiger partial charge >= 0.3 is 5.97 Å². The van der Waals surface area contributed by atoms with E-state index in [0.29, 0.717) is 5.01 Å². The number of sulfonamides is 1. The van der Waals surface area contributed by atoms with Crippen molar-refractivity contribution in [2.45, 2.75) is 24.3 Å². The number of carbonyl (C=O) groups is 4. The Bertz CT molecular complexity index is 1320. The molecule has 0 radical (unpaired) electrons. The number of nitrogens with one attached hydrogen (secondary N) is 1. The van der Waals surface area contributed by atoms with Gasteiger partial charge in [0.2, 0.25) is 15.9 Å². The number of nitrogens with two attached hydrogens (primary N) is 1. The summed E-state index contributed by atoms with van der Waals surface area (Å²) in [6.07, 6.45) is -0.692. The molecule has 14 heteroatoms. The number of rotatable bonds is 7. The predicted octanol–water partition coefficient (Wildman–Crippen LogP) is 1.26. The summed E-state index contributed by atoms with van der Waals surface area (Å²) in [7, 11) is -3.87. The van der Waals surface area contributed by atoms with Gasteiger partial charge in [0.1, 0.15) is 6.42 Å². The molecule has 1 aliphatic heterocycles. The molecule has 0 bridgehead atoms. The van der Waals surface area contributed by atoms with Gasteiger partial charge in [0.15, 0.2) is 6.04 Å². The van der Waals surface area contributed by atoms with Crippen LogP contribution < -0.4 is 10.5 Å². The van der Waals surface area contributed by atoms with Crippen LogP contribution in [0.3, 0.4) is 0 Å². The number of hydrogen-bond acceptors (Lipinski definition) is 9. The van der Waals surface area contributed by atoms with Crippen LogP contribution in [0.1, 0.15) is 23.7 Å². The number of carboxylic acids is 1. The van der Waals surface area contributed by atoms with Crippen LogP contribution in [-0.4, -0.2) is 54.0 Å². The van der Waals surface area contributed by atoms with Crippen LogP contribution in [0.25, 0.3) is 0 Å². The summed E-state index contributed by atoms with van der Waals surface area (Å²) >= 11 is 0. The Morgan fingerprint density at radius 1 is 1.12 bits per heavy atom. The predicted molar refractivity (Wildman–Crippen MR) is 118 cm³/mol. The molecule has 0 aromatic heterocycles. The van der Waals surface area contributed by atoms with Gasteiger partial charge in [0.25, 0.3) is 11.8 Å². The maximum atomic E-state index is 12.6. The first-order valence-electron chi connectivity index (χ1n) is 9.54. The second-order valence-corrected chi connectivity index (χ2v) is 8.61. The monoisotopic (exact) mass is 486 g/mol. The molecular formula is C20H18N6O7S. The highest BCUT2D eigenvalue weighted by atomic mass is 32.2. The van der Waals surface area contributed by atoms with Crippen molar-refractivity contribution in [3.8, 4) is 0 Å². The lowest BCUT2D eigenvalue weighted by atomic mass is 10.2. The molecule has 34 heavy (non-hydrogen) atoms. The minimum Gasteiger partial charge on any atom is -0.478 e. The van der Waals surface area contributed by atoms with Crippen LogP contribution in [-0.2, 0) is 24.4 Å². The molecule has 1 heterocycles. The normalized spacial score (nSPS) is 15.9. The first kappa shape index (κ1) is 24.3. The zero-order chi connectivity index (χ0) is 25.0. The van der Waals surface area contributed by atoms with Gasteiger partial charge in [0.05, 0.1) is 21.9 Å². The molecule has 3 rings (SSSR count). The third-order valence-corrected chi connectivity index (χ3v) is 5.44. The van der Waals surface area contributed by atoms with Crippen LogP contribution in [0.15, 0.2) is 68.8 Å². The fourth-order valence-corrected chi connectivity index (χ4v) is 3.32. The minimum absolute atomic E-state index is 0.0297. The highest BCUT2D eigenvalue weighted by Gasteiger charge is 2.38. The number of aromatic carboxylic acids is 1. The first-order valence-corrected chi connectivity index (χ1v) is 11.1. The van der Waals surface area contributed by atoms with Crippen LogP contribution in [0.5, 0.6) is 0 Å². The summed E-state index contributed by atoms with van der Waals surface area (Å²) in [5, 5.41) is 28.5. The molecule has 2 aromatic rings. The largest absolute Gasteiger partial charge is 0.478 e. The van der Waals surface area contributed by atoms with E-state index in [0.717, 1.165) is 0 Å². The van der Waals surface area contributed by atoms with E-state index in [1.54, 1.807) is 0 Å². The van der Waals surface area contributed by atoms with E-state index >= 15 is 0 Å². The SMILES string of the molecule is CC1=NN(C(=O)CC(=O)Nc2ccc(C(=O)O)cc2)C(=O)[C@@H]1N=Nc1ccc(S(N)(=O)=O)cc1. The molecule has 0 aliphatic carbocycles. The Balaban J connectivity index is 1.61. The lowest BCUT2D eigenvalue weighted by Gasteiger charge is -2.11. The number of benzene rings is 2. The summed E-state index contributed by atoms with van der Waals surface area (Å²) in [4.78, 5) is 47.9. The van der Waals surface area contributed by atoms with Crippen molar-refractivity contribution in [1.29, 1.82) is 0 Å². The van der Waals surface area contributed by atoms with E-state index in [1.165, 1.54) is 55.5 Å². The van der Waals surface area contributed by atoms with E-state index in [2.05, 4.69) is 20.6 Å². The molecule has 2 aromatic carbocycles. The molecular weight excluding hydrogens is 468 g/mol. The molecule has 0 unspecified atom stereocenters. The van der Waals surface area contributed by atoms with Crippen LogP contribution >= 0.6 is 0 Å². The first-order chi connectivity index (χ1) is 16.0. The van der Waals surface area contributed by atoms with Crippen molar-refractivity contribution in [3.63, 3.8) is 0 Å². The average molecular weight is 486 g/mol. The van der Waals surface area contributed by atoms with Gasteiger partial charge in [-0.1, -0.05) is 0 Å². The maximum absolute atomic E-state index is 12.6. The molecule has 4 N–H and O–H groups in total. The van der Waals surface area contributed by atoms with E-state index in [-0.39, 0.29) is 27.5 Å². The Kier molecular flexibility index (Phi) is 6.93. The number of hydrogen-bond donors (Lipinski definition) is 3. The third-order valence-electron chi connectivity index (χ3n) is 4.51. The topological polar surface area (TPSA) is 201 Å². The van der Waals surface area contributed by atoms with Crippen molar-refractivity contribution < 1.29 is 32.7 Å². The Morgan fingerprint density at radius 3 is 2.29 bits per heavy atom. The maximum Gasteiger partial charge on any atom is 0.335 e. The molecule has 3 amide bonds. The van der Waals surface area contributed by atoms with Crippen molar-refractivity contribution in [2.75, 3.05) is 5.32 Å². The number of azo groups is 1. The van der Waals surface area contributed by atoms with Gasteiger partial charge in [-0.05, 0) is 55.5 Å². The Morgan fingerprint density at radius 2 is 1.74 bits per heavy atom. The summed E-state index contributed by atoms with van der Waals surface area (Å²) in [5.41, 5.74) is 0.719. The van der Waals surface area contributed by atoms with Crippen LogP contribution in [0.2, 0.25) is 0 Å². The second-order valence-electron chi connectivity index (χ2n) is 7.05. The fourth-order valence-electron chi connectivity index (χ4n) is 2.81. The number of primary sulfonamides is 1. The number of amides is 3. The number of carbonyl (C=O) groups excluding carboxylic acids is 3. The summed E-state index contributed by atoms with van der Waals surface area (Å²) < 4.78 is 22.6. The van der Waals surface area contributed by atoms with Crippen molar-refractivity contribution in [3.05, 3.63) is 54.1 Å². The van der Waals surface area contributed by atoms with Gasteiger partial charge < -0.3 is 10.4 Å². The molecule has 13 nitrogen and oxygen atoms in total. The van der Waals surface area contributed by atoms with E-state index < -0.39 is 46.2 Å². The van der Waals surface area contributed by atoms with Crippen LogP contribution in [0, 0.1) is 0 Å². The molecule has 1 aliphatic rings. The standard InChI is InChI=1S/C20H18N6O7S/c1-11-18(24-23-14-6-8-15(9-7-14)34(21,32)33)19(29)26(25-11)17(28)10-16(27)22-13-4-2-12(3-5-13)20(30)31/h2-9,18H,10H2,1H3,(H,22,27)(H,30,31)(H2,21,32,33)/t18-/m1/s1. The third kappa shape index (κ3) is 5.73. The average Bonchev–Trinajstić information content (AvgIpc) is 3.05. The van der Waals surface area contributed by atoms with Gasteiger partial charge in [0, 0.05) is 5.69 Å². The molecule has 176 valence electrons. The van der Waals surface area contributed by atoms with Crippen molar-refractivity contribution >= 4 is 50.8 Å². The zero-order valence-corrected chi connectivity index (χ0v) is 18.4. The smallest absolute Gasteiger partial charge is 0.335 e. The Labute approximate surface area is 193 Å². The van der Waals surface area contributed by atoms with Gasteiger partial charge in [-0.3, -0.25) is 14.4 Å². The number of carboxylic acid groups (broad SMARTS) is 1. The van der Waals surface area contributed by atoms with E-state index in [1.807, 2.05) is 0 Å². The molecule has 0 saturated carbocycles. The lowest BCUT2D eigenvalue weighted by molar-refractivity contribution is -0.144. The molecule has 1 atom stereocenters. The summed E-state index contributed by atoms with van der Waals surface area (Å²) in [6.45, 7) is 1.46. The highest BCUT2D eigenvalue weighted by Crippen LogP contribution is 2.20. The fraction of sp³-hybridized carbons (Fsp3) is 0.150. The van der Waals surface area contributed by atoms with E-state index in [4.69, 9.17) is 10.2 Å². The van der Waals surface area contributed by atoms with Crippen molar-refractivity contribution in [2.24, 2.45) is 20.5 Å². The number of anilines is 1. The quantitative estimate of drug-likeness (QED) is 0.386. The van der Waals surface area contributed by atoms with Gasteiger partial charge in [-0.2, -0.15) is 20.3 Å². The highest BCUT2D eigenvalue weighted by molar-refractivity contribution is 7.89. The summed E-state index contributed by atoms with van der Waals surface area (Å²) in [5.74, 6) is -3.54. The number of imide groups is 1. The molecule has 0 spiro atoms. The van der Waals surface area contributed by atoms with Gasteiger partial charge in [-0.15, -0.1) is 0 Å². The molecule has 0 saturated heterocycles. The van der Waals surface area contributed by atoms with Crippen molar-refractivity contribution in [1.82, 2.24) is 5.01 Å². The van der Waals surface area contributed by atoms with Crippen LogP contribution in [0.4, 0.5) is 11.4 Å². The number of hydrazone groups is 1. The van der Waals surface area contributed by atoms with E-state index in [9.17, 15) is 27.6 Å². The van der Waals surface area contributed by atoms with Gasteiger partial charge in [-0.25, -0.2) is 18.4 Å². The second kappa shape index (κ2) is 9.68. The summed E-state index contributed by atoms with van der Waals surface area (Å²) in [6, 6.07) is 9.24. The Hall–Kier alpha value is -4.30. The zero-order valence-electron chi connectivity index (χ0n) is 17.6. The number of nitrogens with zero attached hydrogens (tertiary/aromatic N) is 4. The minimum atomic E-state index is -3.87. The molecule has 0 fully saturated rings.